The first-order valence-corrected chi connectivity index (χ1v) is 41.7. The number of rotatable bonds is 71. The quantitative estimate of drug-likeness (QED) is 0.0169. The van der Waals surface area contributed by atoms with Gasteiger partial charge in [-0.15, -0.1) is 0 Å². The average molecular weight is 1470 g/mol. The average Bonchev–Trinajstić information content (AvgIpc) is 0.994. The van der Waals surface area contributed by atoms with Crippen molar-refractivity contribution >= 4 is 39.5 Å². The zero-order valence-electron chi connectivity index (χ0n) is 63.2. The van der Waals surface area contributed by atoms with Gasteiger partial charge in [0, 0.05) is 25.7 Å². The highest BCUT2D eigenvalue weighted by Gasteiger charge is 2.30. The summed E-state index contributed by atoms with van der Waals surface area (Å²) in [5, 5.41) is 10.6. The molecule has 0 amide bonds. The molecule has 0 aromatic heterocycles. The first kappa shape index (κ1) is 96.7. The number of hydrogen-bond acceptors (Lipinski definition) is 15. The molecule has 0 aliphatic carbocycles. The fraction of sp³-hybridized carbons (Fsp3) is 0.639. The number of phosphoric acid groups is 2. The van der Waals surface area contributed by atoms with E-state index in [4.69, 9.17) is 37.0 Å². The Morgan fingerprint density at radius 1 is 0.284 bits per heavy atom. The van der Waals surface area contributed by atoms with Gasteiger partial charge in [-0.05, 0) is 154 Å². The number of esters is 4. The van der Waals surface area contributed by atoms with E-state index < -0.39 is 97.5 Å². The highest BCUT2D eigenvalue weighted by molar-refractivity contribution is 7.47. The summed E-state index contributed by atoms with van der Waals surface area (Å²) < 4.78 is 68.4. The zero-order valence-corrected chi connectivity index (χ0v) is 65.0. The molecule has 0 aliphatic rings. The second-order valence-corrected chi connectivity index (χ2v) is 28.1. The van der Waals surface area contributed by atoms with Crippen LogP contribution in [0.25, 0.3) is 0 Å². The summed E-state index contributed by atoms with van der Waals surface area (Å²) in [6.45, 7) is 4.37. The van der Waals surface area contributed by atoms with Crippen molar-refractivity contribution < 1.29 is 80.2 Å². The molecule has 5 unspecified atom stereocenters. The summed E-state index contributed by atoms with van der Waals surface area (Å²) in [4.78, 5) is 72.9. The Kier molecular flexibility index (Phi) is 70.1. The highest BCUT2D eigenvalue weighted by Crippen LogP contribution is 2.45. The third-order valence-corrected chi connectivity index (χ3v) is 17.4. The summed E-state index contributed by atoms with van der Waals surface area (Å²) in [6, 6.07) is 0. The van der Waals surface area contributed by atoms with Gasteiger partial charge in [-0.2, -0.15) is 0 Å². The number of aliphatic hydroxyl groups is 1. The van der Waals surface area contributed by atoms with E-state index in [1.165, 1.54) is 12.8 Å². The molecule has 0 rings (SSSR count). The summed E-state index contributed by atoms with van der Waals surface area (Å²) in [5.41, 5.74) is 0. The maximum Gasteiger partial charge on any atom is 0.472 e. The molecule has 17 nitrogen and oxygen atoms in total. The van der Waals surface area contributed by atoms with Gasteiger partial charge in [0.15, 0.2) is 12.2 Å². The Hall–Kier alpha value is -5.32. The molecule has 0 aliphatic heterocycles. The van der Waals surface area contributed by atoms with Crippen molar-refractivity contribution in [3.8, 4) is 0 Å². The van der Waals surface area contributed by atoms with E-state index >= 15 is 0 Å². The molecule has 102 heavy (non-hydrogen) atoms. The van der Waals surface area contributed by atoms with Crippen LogP contribution >= 0.6 is 15.6 Å². The van der Waals surface area contributed by atoms with Crippen LogP contribution in [0.1, 0.15) is 285 Å². The molecule has 0 aromatic carbocycles. The van der Waals surface area contributed by atoms with Gasteiger partial charge in [0.2, 0.25) is 0 Å². The number of carbonyl (C=O) groups is 4. The van der Waals surface area contributed by atoms with E-state index in [2.05, 4.69) is 174 Å². The molecule has 3 N–H and O–H groups in total. The van der Waals surface area contributed by atoms with Crippen LogP contribution in [-0.4, -0.2) is 96.7 Å². The maximum atomic E-state index is 13.1. The standard InChI is InChI=1S/C83H136O17P2/c1-5-9-13-17-21-25-29-32-35-38-41-44-48-51-55-59-63-67-80(85)93-73-78(99-82(87)69-65-61-57-53-47-28-24-20-16-12-8-4)75-97-101(89,90)95-71-77(84)72-96-102(91,92)98-76-79(100-83(88)70-66-62-58-54-50-46-43-40-37-34-31-27-23-19-15-11-7-3)74-94-81(86)68-64-60-56-52-49-45-42-39-36-33-30-26-22-18-14-10-6-2/h9-11,13-15,20-27,32-37,42-43,45-46,52,56,77-79,84H,5-8,12,16-19,28-31,38-41,44,47-51,53-55,57-76H2,1-4H3,(H,89,90)(H,91,92)/b13-9-,14-10-,15-11-,24-20-,25-21-,26-22-,27-23-,35-32-,36-33-,37-34-,45-42-,46-43-,56-52-. The lowest BCUT2D eigenvalue weighted by Gasteiger charge is -2.21. The highest BCUT2D eigenvalue weighted by atomic mass is 31.2. The molecule has 5 atom stereocenters. The van der Waals surface area contributed by atoms with Crippen LogP contribution in [0.3, 0.4) is 0 Å². The molecular weight excluding hydrogens is 1330 g/mol. The number of unbranched alkanes of at least 4 members (excludes halogenated alkanes) is 19. The van der Waals surface area contributed by atoms with Crippen molar-refractivity contribution in [1.82, 2.24) is 0 Å². The summed E-state index contributed by atoms with van der Waals surface area (Å²) in [7, 11) is -9.99. The van der Waals surface area contributed by atoms with Gasteiger partial charge in [0.25, 0.3) is 0 Å². The number of aliphatic hydroxyl groups excluding tert-OH is 1. The lowest BCUT2D eigenvalue weighted by atomic mass is 10.1. The molecule has 0 spiro atoms. The van der Waals surface area contributed by atoms with E-state index in [9.17, 15) is 43.2 Å². The first-order valence-electron chi connectivity index (χ1n) is 38.7. The van der Waals surface area contributed by atoms with Crippen LogP contribution in [0.4, 0.5) is 0 Å². The van der Waals surface area contributed by atoms with Gasteiger partial charge in [-0.1, -0.05) is 263 Å². The van der Waals surface area contributed by atoms with Gasteiger partial charge in [-0.3, -0.25) is 37.3 Å². The number of ether oxygens (including phenoxy) is 4. The SMILES string of the molecule is CC/C=C\C/C=C\C/C=C\C/C=C\C/C=C\CCCC(=O)OCC(COP(=O)(O)OCC(O)COP(=O)(O)OCC(COC(=O)CCCCCCCCC/C=C\C/C=C\C/C=C\CC)OC(=O)CCCCCCC/C=C\CCCC)OC(=O)CCCCCC/C=C\C/C=C\C/C=C\C/C=C\CC. The number of carbonyl (C=O) groups excluding carboxylic acids is 4. The Balaban J connectivity index is 5.43. The predicted molar refractivity (Wildman–Crippen MR) is 417 cm³/mol. The molecule has 0 saturated carbocycles. The summed E-state index contributed by atoms with van der Waals surface area (Å²) >= 11 is 0. The van der Waals surface area contributed by atoms with Crippen molar-refractivity contribution in [3.05, 3.63) is 158 Å². The van der Waals surface area contributed by atoms with Gasteiger partial charge in [0.05, 0.1) is 26.4 Å². The van der Waals surface area contributed by atoms with Gasteiger partial charge < -0.3 is 33.8 Å². The van der Waals surface area contributed by atoms with Crippen LogP contribution in [0.15, 0.2) is 158 Å². The minimum atomic E-state index is -5.00. The predicted octanol–water partition coefficient (Wildman–Crippen LogP) is 22.4. The zero-order chi connectivity index (χ0) is 74.6. The Labute approximate surface area is 617 Å². The number of allylic oxidation sites excluding steroid dienone is 26. The molecule has 580 valence electrons. The minimum Gasteiger partial charge on any atom is -0.462 e. The van der Waals surface area contributed by atoms with E-state index in [-0.39, 0.29) is 25.7 Å². The summed E-state index contributed by atoms with van der Waals surface area (Å²) in [5.74, 6) is -2.30. The van der Waals surface area contributed by atoms with Crippen molar-refractivity contribution in [2.45, 2.75) is 303 Å². The smallest absolute Gasteiger partial charge is 0.462 e. The third kappa shape index (κ3) is 73.0. The Bertz CT molecular complexity index is 2550. The maximum absolute atomic E-state index is 13.1. The molecule has 0 aromatic rings. The van der Waals surface area contributed by atoms with E-state index in [1.54, 1.807) is 0 Å². The van der Waals surface area contributed by atoms with Crippen molar-refractivity contribution in [2.24, 2.45) is 0 Å². The Morgan fingerprint density at radius 2 is 0.520 bits per heavy atom. The van der Waals surface area contributed by atoms with Gasteiger partial charge >= 0.3 is 39.5 Å². The Morgan fingerprint density at radius 3 is 0.833 bits per heavy atom. The fourth-order valence-electron chi connectivity index (χ4n) is 9.65. The number of hydrogen-bond donors (Lipinski definition) is 3. The van der Waals surface area contributed by atoms with Crippen molar-refractivity contribution in [2.75, 3.05) is 39.6 Å². The lowest BCUT2D eigenvalue weighted by molar-refractivity contribution is -0.161. The molecule has 0 fully saturated rings. The molecule has 0 bridgehead atoms. The third-order valence-electron chi connectivity index (χ3n) is 15.5. The second-order valence-electron chi connectivity index (χ2n) is 25.1. The normalized spacial score (nSPS) is 14.8. The van der Waals surface area contributed by atoms with E-state index in [0.29, 0.717) is 32.1 Å². The molecule has 0 heterocycles. The monoisotopic (exact) mass is 1470 g/mol. The molecule has 0 radical (unpaired) electrons. The minimum absolute atomic E-state index is 0.0492. The van der Waals surface area contributed by atoms with Gasteiger partial charge in [-0.25, -0.2) is 9.13 Å². The second kappa shape index (κ2) is 74.0. The van der Waals surface area contributed by atoms with E-state index in [0.717, 1.165) is 186 Å². The van der Waals surface area contributed by atoms with Crippen LogP contribution in [-0.2, 0) is 65.4 Å². The largest absolute Gasteiger partial charge is 0.472 e. The lowest BCUT2D eigenvalue weighted by Crippen LogP contribution is -2.30. The van der Waals surface area contributed by atoms with Crippen LogP contribution in [0, 0.1) is 0 Å². The van der Waals surface area contributed by atoms with E-state index in [1.807, 2.05) is 12.2 Å². The first-order chi connectivity index (χ1) is 49.7. The number of phosphoric ester groups is 2. The van der Waals surface area contributed by atoms with Gasteiger partial charge in [0.1, 0.15) is 19.3 Å². The van der Waals surface area contributed by atoms with Crippen LogP contribution in [0.5, 0.6) is 0 Å². The molecular formula is C83H136O17P2. The van der Waals surface area contributed by atoms with Crippen molar-refractivity contribution in [3.63, 3.8) is 0 Å². The van der Waals surface area contributed by atoms with Crippen molar-refractivity contribution in [1.29, 1.82) is 0 Å². The summed E-state index contributed by atoms with van der Waals surface area (Å²) in [6.07, 6.45) is 85.3. The topological polar surface area (TPSA) is 237 Å². The van der Waals surface area contributed by atoms with Crippen LogP contribution < -0.4 is 0 Å². The fourth-order valence-corrected chi connectivity index (χ4v) is 11.2. The van der Waals surface area contributed by atoms with Crippen LogP contribution in [0.2, 0.25) is 0 Å². The molecule has 0 saturated heterocycles. The molecule has 19 heteroatoms.